The highest BCUT2D eigenvalue weighted by Crippen LogP contribution is 2.45. The number of halogens is 3. The van der Waals surface area contributed by atoms with Gasteiger partial charge in [0.2, 0.25) is 0 Å². The summed E-state index contributed by atoms with van der Waals surface area (Å²) in [6.45, 7) is 3.09. The molecule has 8 heteroatoms. The third-order valence-corrected chi connectivity index (χ3v) is 8.04. The maximum atomic E-state index is 14.3. The van der Waals surface area contributed by atoms with Crippen molar-refractivity contribution < 1.29 is 27.6 Å². The minimum absolute atomic E-state index is 0.0193. The number of anilines is 1. The van der Waals surface area contributed by atoms with Crippen LogP contribution in [0.2, 0.25) is 0 Å². The van der Waals surface area contributed by atoms with Gasteiger partial charge in [-0.2, -0.15) is 0 Å². The van der Waals surface area contributed by atoms with E-state index in [0.717, 1.165) is 11.1 Å². The van der Waals surface area contributed by atoms with E-state index in [2.05, 4.69) is 10.6 Å². The quantitative estimate of drug-likeness (QED) is 0.227. The molecular formula is C34H29F3N2O3. The molecule has 0 aromatic heterocycles. The largest absolute Gasteiger partial charge is 0.383 e. The highest BCUT2D eigenvalue weighted by atomic mass is 19.1. The molecule has 0 aliphatic carbocycles. The minimum atomic E-state index is -1.52. The Hall–Kier alpha value is -4.72. The fourth-order valence-electron chi connectivity index (χ4n) is 5.63. The van der Waals surface area contributed by atoms with Crippen LogP contribution in [-0.4, -0.2) is 24.0 Å². The Kier molecular flexibility index (Phi) is 7.98. The Balaban J connectivity index is 1.49. The van der Waals surface area contributed by atoms with Gasteiger partial charge < -0.3 is 10.6 Å². The minimum Gasteiger partial charge on any atom is -0.383 e. The number of nitrogens with one attached hydrogen (secondary N) is 2. The number of carbonyl (C=O) groups excluding carboxylic acids is 3. The molecule has 214 valence electrons. The van der Waals surface area contributed by atoms with E-state index in [4.69, 9.17) is 0 Å². The first-order valence-electron chi connectivity index (χ1n) is 13.6. The second-order valence-corrected chi connectivity index (χ2v) is 10.5. The van der Waals surface area contributed by atoms with Gasteiger partial charge >= 0.3 is 0 Å². The van der Waals surface area contributed by atoms with Gasteiger partial charge in [-0.05, 0) is 28.8 Å². The van der Waals surface area contributed by atoms with Crippen LogP contribution in [0.1, 0.15) is 58.3 Å². The monoisotopic (exact) mass is 570 g/mol. The lowest BCUT2D eigenvalue weighted by atomic mass is 9.66. The SMILES string of the molecule is CC(C(=O)C1(C(=O)C(C)c2ccccc2)CNc2cc(C(=O)NCc3c(F)cc(F)cc3F)ccc21)c1ccccc1. The Morgan fingerprint density at radius 1 is 0.786 bits per heavy atom. The summed E-state index contributed by atoms with van der Waals surface area (Å²) in [5.74, 6) is -5.59. The van der Waals surface area contributed by atoms with Gasteiger partial charge in [-0.3, -0.25) is 14.4 Å². The average molecular weight is 571 g/mol. The molecule has 0 bridgehead atoms. The standard InChI is InChI=1S/C34H29F3N2O3/c1-20(22-9-5-3-6-10-22)31(40)34(32(41)21(2)23-11-7-4-8-12-23)19-39-30-15-24(13-14-27(30)34)33(42)38-18-26-28(36)16-25(35)17-29(26)37/h3-17,20-21,39H,18-19H2,1-2H3,(H,38,42). The van der Waals surface area contributed by atoms with Gasteiger partial charge in [0.25, 0.3) is 5.91 Å². The molecule has 5 rings (SSSR count). The molecular weight excluding hydrogens is 541 g/mol. The molecule has 0 spiro atoms. The topological polar surface area (TPSA) is 75.3 Å². The molecule has 5 nitrogen and oxygen atoms in total. The summed E-state index contributed by atoms with van der Waals surface area (Å²) in [5.41, 5.74) is 0.656. The van der Waals surface area contributed by atoms with Crippen molar-refractivity contribution in [2.75, 3.05) is 11.9 Å². The molecule has 1 heterocycles. The smallest absolute Gasteiger partial charge is 0.251 e. The summed E-state index contributed by atoms with van der Waals surface area (Å²) in [6.07, 6.45) is 0. The van der Waals surface area contributed by atoms with E-state index in [1.807, 2.05) is 60.7 Å². The van der Waals surface area contributed by atoms with Crippen LogP contribution in [0.3, 0.4) is 0 Å². The van der Waals surface area contributed by atoms with Gasteiger partial charge in [0.1, 0.15) is 22.9 Å². The highest BCUT2D eigenvalue weighted by molar-refractivity contribution is 6.19. The lowest BCUT2D eigenvalue weighted by Crippen LogP contribution is -2.49. The number of hydrogen-bond acceptors (Lipinski definition) is 4. The van der Waals surface area contributed by atoms with E-state index in [9.17, 15) is 27.6 Å². The van der Waals surface area contributed by atoms with Crippen LogP contribution in [0, 0.1) is 17.5 Å². The van der Waals surface area contributed by atoms with E-state index in [-0.39, 0.29) is 23.7 Å². The van der Waals surface area contributed by atoms with Crippen molar-refractivity contribution in [2.24, 2.45) is 0 Å². The normalized spacial score (nSPS) is 17.1. The maximum absolute atomic E-state index is 14.3. The van der Waals surface area contributed by atoms with Gasteiger partial charge in [-0.1, -0.05) is 80.6 Å². The molecule has 1 aliphatic heterocycles. The fraction of sp³-hybridized carbons (Fsp3) is 0.206. The predicted octanol–water partition coefficient (Wildman–Crippen LogP) is 6.44. The summed E-state index contributed by atoms with van der Waals surface area (Å²) < 4.78 is 41.3. The van der Waals surface area contributed by atoms with Crippen molar-refractivity contribution in [3.63, 3.8) is 0 Å². The zero-order chi connectivity index (χ0) is 30.0. The summed E-state index contributed by atoms with van der Waals surface area (Å²) in [6, 6.07) is 24.2. The Labute approximate surface area is 241 Å². The van der Waals surface area contributed by atoms with Gasteiger partial charge in [0, 0.05) is 53.9 Å². The molecule has 42 heavy (non-hydrogen) atoms. The molecule has 4 aromatic rings. The van der Waals surface area contributed by atoms with Crippen molar-refractivity contribution in [2.45, 2.75) is 37.6 Å². The van der Waals surface area contributed by atoms with Crippen molar-refractivity contribution in [1.82, 2.24) is 5.32 Å². The number of rotatable bonds is 9. The van der Waals surface area contributed by atoms with Gasteiger partial charge in [-0.15, -0.1) is 0 Å². The van der Waals surface area contributed by atoms with Gasteiger partial charge in [-0.25, -0.2) is 13.2 Å². The lowest BCUT2D eigenvalue weighted by molar-refractivity contribution is -0.135. The van der Waals surface area contributed by atoms with Crippen LogP contribution >= 0.6 is 0 Å². The van der Waals surface area contributed by atoms with Crippen molar-refractivity contribution in [3.8, 4) is 0 Å². The summed E-state index contributed by atoms with van der Waals surface area (Å²) >= 11 is 0. The molecule has 4 aromatic carbocycles. The molecule has 1 amide bonds. The summed E-state index contributed by atoms with van der Waals surface area (Å²) in [4.78, 5) is 41.6. The predicted molar refractivity (Wildman–Crippen MR) is 154 cm³/mol. The summed E-state index contributed by atoms with van der Waals surface area (Å²) in [7, 11) is 0. The Morgan fingerprint density at radius 2 is 1.31 bits per heavy atom. The molecule has 0 saturated heterocycles. The molecule has 0 fully saturated rings. The van der Waals surface area contributed by atoms with E-state index in [1.54, 1.807) is 19.9 Å². The van der Waals surface area contributed by atoms with Crippen molar-refractivity contribution >= 4 is 23.2 Å². The number of fused-ring (bicyclic) bond motifs is 1. The number of ketones is 2. The number of hydrogen-bond donors (Lipinski definition) is 2. The molecule has 0 saturated carbocycles. The maximum Gasteiger partial charge on any atom is 0.251 e. The molecule has 2 N–H and O–H groups in total. The zero-order valence-corrected chi connectivity index (χ0v) is 23.1. The number of benzene rings is 4. The molecule has 1 aliphatic rings. The van der Waals surface area contributed by atoms with E-state index in [0.29, 0.717) is 23.4 Å². The van der Waals surface area contributed by atoms with Crippen molar-refractivity contribution in [1.29, 1.82) is 0 Å². The number of carbonyl (C=O) groups is 3. The second-order valence-electron chi connectivity index (χ2n) is 10.5. The molecule has 2 unspecified atom stereocenters. The van der Waals surface area contributed by atoms with E-state index < -0.39 is 52.7 Å². The third kappa shape index (κ3) is 5.20. The number of amides is 1. The van der Waals surface area contributed by atoms with Crippen LogP contribution in [0.15, 0.2) is 91.0 Å². The van der Waals surface area contributed by atoms with Crippen molar-refractivity contribution in [3.05, 3.63) is 136 Å². The lowest BCUT2D eigenvalue weighted by Gasteiger charge is -2.32. The number of Topliss-reactive ketones (excluding diaryl/α,β-unsaturated/α-hetero) is 2. The van der Waals surface area contributed by atoms with Crippen LogP contribution in [0.5, 0.6) is 0 Å². The highest BCUT2D eigenvalue weighted by Gasteiger charge is 2.54. The first-order chi connectivity index (χ1) is 20.1. The average Bonchev–Trinajstić information content (AvgIpc) is 3.39. The van der Waals surface area contributed by atoms with Crippen LogP contribution in [0.4, 0.5) is 18.9 Å². The van der Waals surface area contributed by atoms with Crippen LogP contribution in [0.25, 0.3) is 0 Å². The van der Waals surface area contributed by atoms with Gasteiger partial charge in [0.15, 0.2) is 11.6 Å². The first kappa shape index (κ1) is 28.8. The van der Waals surface area contributed by atoms with Crippen LogP contribution < -0.4 is 10.6 Å². The van der Waals surface area contributed by atoms with Gasteiger partial charge in [0.05, 0.1) is 0 Å². The van der Waals surface area contributed by atoms with Crippen LogP contribution in [-0.2, 0) is 21.5 Å². The summed E-state index contributed by atoms with van der Waals surface area (Å²) in [5, 5.41) is 5.63. The third-order valence-electron chi connectivity index (χ3n) is 8.04. The van der Waals surface area contributed by atoms with E-state index in [1.165, 1.54) is 12.1 Å². The van der Waals surface area contributed by atoms with E-state index >= 15 is 0 Å². The molecule has 2 atom stereocenters. The molecule has 0 radical (unpaired) electrons. The first-order valence-corrected chi connectivity index (χ1v) is 13.6. The Morgan fingerprint density at radius 3 is 1.83 bits per heavy atom. The zero-order valence-electron chi connectivity index (χ0n) is 23.1. The second kappa shape index (κ2) is 11.6. The Bertz CT molecular complexity index is 1580. The fourth-order valence-corrected chi connectivity index (χ4v) is 5.63.